The van der Waals surface area contributed by atoms with Gasteiger partial charge in [-0.1, -0.05) is 0 Å². The van der Waals surface area contributed by atoms with Crippen molar-refractivity contribution in [1.29, 1.82) is 0 Å². The third-order valence-electron chi connectivity index (χ3n) is 3.71. The molecule has 0 aromatic heterocycles. The molecule has 134 valence electrons. The standard InChI is InChI=1S/C17H27N3O3S/c1-17(2,3)23-16(21)19-14-7-8-20(10-14)15-6-5-13(18)9-12(15)11-24(4)22/h5-6,9,14H,7-8,10-11,18H2,1-4H3,(H,19,21)/t14-,24?/m0/s1. The highest BCUT2D eigenvalue weighted by Crippen LogP contribution is 2.27. The second-order valence-corrected chi connectivity index (χ2v) is 8.62. The van der Waals surface area contributed by atoms with Crippen molar-refractivity contribution in [1.82, 2.24) is 5.32 Å². The van der Waals surface area contributed by atoms with Crippen LogP contribution in [0.4, 0.5) is 16.2 Å². The molecular weight excluding hydrogens is 326 g/mol. The highest BCUT2D eigenvalue weighted by atomic mass is 32.2. The summed E-state index contributed by atoms with van der Waals surface area (Å²) in [6.07, 6.45) is 2.14. The molecule has 1 heterocycles. The number of nitrogens with zero attached hydrogens (tertiary/aromatic N) is 1. The number of alkyl carbamates (subject to hydrolysis) is 1. The minimum atomic E-state index is -0.936. The van der Waals surface area contributed by atoms with Gasteiger partial charge in [-0.2, -0.15) is 0 Å². The minimum absolute atomic E-state index is 0.0392. The largest absolute Gasteiger partial charge is 0.444 e. The molecule has 1 amide bonds. The van der Waals surface area contributed by atoms with Crippen molar-refractivity contribution in [2.24, 2.45) is 0 Å². The van der Waals surface area contributed by atoms with Crippen molar-refractivity contribution in [3.8, 4) is 0 Å². The maximum Gasteiger partial charge on any atom is 0.407 e. The molecule has 2 atom stereocenters. The van der Waals surface area contributed by atoms with Crippen LogP contribution in [0.2, 0.25) is 0 Å². The van der Waals surface area contributed by atoms with Crippen LogP contribution < -0.4 is 16.0 Å². The lowest BCUT2D eigenvalue weighted by Crippen LogP contribution is -2.40. The van der Waals surface area contributed by atoms with Crippen molar-refractivity contribution in [2.75, 3.05) is 30.0 Å². The number of nitrogens with one attached hydrogen (secondary N) is 1. The molecule has 1 aliphatic rings. The van der Waals surface area contributed by atoms with Gasteiger partial charge in [-0.3, -0.25) is 4.21 Å². The van der Waals surface area contributed by atoms with E-state index in [1.54, 1.807) is 6.26 Å². The molecule has 6 nitrogen and oxygen atoms in total. The Morgan fingerprint density at radius 1 is 1.46 bits per heavy atom. The summed E-state index contributed by atoms with van der Waals surface area (Å²) in [5, 5.41) is 2.92. The summed E-state index contributed by atoms with van der Waals surface area (Å²) >= 11 is 0. The fourth-order valence-electron chi connectivity index (χ4n) is 2.82. The highest BCUT2D eigenvalue weighted by Gasteiger charge is 2.27. The molecule has 0 bridgehead atoms. The summed E-state index contributed by atoms with van der Waals surface area (Å²) in [5.41, 5.74) is 8.04. The molecule has 24 heavy (non-hydrogen) atoms. The summed E-state index contributed by atoms with van der Waals surface area (Å²) < 4.78 is 16.9. The van der Waals surface area contributed by atoms with Crippen molar-refractivity contribution in [2.45, 2.75) is 44.6 Å². The Balaban J connectivity index is 2.03. The Morgan fingerprint density at radius 2 is 2.17 bits per heavy atom. The van der Waals surface area contributed by atoms with Crippen LogP contribution in [-0.2, 0) is 21.3 Å². The first-order chi connectivity index (χ1) is 11.1. The first-order valence-electron chi connectivity index (χ1n) is 8.07. The van der Waals surface area contributed by atoms with Gasteiger partial charge in [0, 0.05) is 41.5 Å². The number of benzene rings is 1. The number of hydrogen-bond acceptors (Lipinski definition) is 5. The number of rotatable bonds is 4. The molecule has 2 rings (SSSR count). The lowest BCUT2D eigenvalue weighted by Gasteiger charge is -2.24. The molecule has 1 aliphatic heterocycles. The Bertz CT molecular complexity index is 628. The van der Waals surface area contributed by atoms with E-state index in [-0.39, 0.29) is 12.1 Å². The lowest BCUT2D eigenvalue weighted by molar-refractivity contribution is 0.0509. The number of carbonyl (C=O) groups is 1. The number of amides is 1. The highest BCUT2D eigenvalue weighted by molar-refractivity contribution is 7.83. The molecule has 1 fully saturated rings. The first-order valence-corrected chi connectivity index (χ1v) is 9.79. The van der Waals surface area contributed by atoms with Crippen LogP contribution in [-0.4, -0.2) is 41.3 Å². The van der Waals surface area contributed by atoms with Crippen molar-refractivity contribution >= 4 is 28.3 Å². The fourth-order valence-corrected chi connectivity index (χ4v) is 3.49. The molecule has 7 heteroatoms. The van der Waals surface area contributed by atoms with Gasteiger partial charge in [0.2, 0.25) is 0 Å². The average Bonchev–Trinajstić information content (AvgIpc) is 2.83. The molecule has 0 radical (unpaired) electrons. The smallest absolute Gasteiger partial charge is 0.407 e. The second-order valence-electron chi connectivity index (χ2n) is 7.18. The van der Waals surface area contributed by atoms with E-state index in [9.17, 15) is 9.00 Å². The maximum absolute atomic E-state index is 11.9. The van der Waals surface area contributed by atoms with Crippen LogP contribution in [0.1, 0.15) is 32.8 Å². The average molecular weight is 353 g/mol. The predicted molar refractivity (Wildman–Crippen MR) is 98.6 cm³/mol. The molecule has 1 aromatic rings. The van der Waals surface area contributed by atoms with Crippen LogP contribution in [0.15, 0.2) is 18.2 Å². The van der Waals surface area contributed by atoms with E-state index >= 15 is 0 Å². The van der Waals surface area contributed by atoms with Crippen LogP contribution in [0.25, 0.3) is 0 Å². The maximum atomic E-state index is 11.9. The quantitative estimate of drug-likeness (QED) is 0.811. The van der Waals surface area contributed by atoms with Gasteiger partial charge in [-0.05, 0) is 51.0 Å². The molecule has 1 unspecified atom stereocenters. The molecule has 0 saturated carbocycles. The number of nitrogens with two attached hydrogens (primary N) is 1. The van der Waals surface area contributed by atoms with E-state index in [0.29, 0.717) is 18.0 Å². The predicted octanol–water partition coefficient (Wildman–Crippen LogP) is 2.25. The molecule has 0 spiro atoms. The summed E-state index contributed by atoms with van der Waals surface area (Å²) in [5.74, 6) is 0.473. The fraction of sp³-hybridized carbons (Fsp3) is 0.588. The van der Waals surface area contributed by atoms with E-state index in [2.05, 4.69) is 10.2 Å². The Labute approximate surface area is 146 Å². The second kappa shape index (κ2) is 7.42. The number of carbonyl (C=O) groups excluding carboxylic acids is 1. The molecule has 1 aromatic carbocycles. The van der Waals surface area contributed by atoms with Gasteiger partial charge in [-0.15, -0.1) is 0 Å². The van der Waals surface area contributed by atoms with Gasteiger partial charge in [0.15, 0.2) is 0 Å². The van der Waals surface area contributed by atoms with Crippen LogP contribution in [0.3, 0.4) is 0 Å². The van der Waals surface area contributed by atoms with Crippen LogP contribution >= 0.6 is 0 Å². The van der Waals surface area contributed by atoms with Gasteiger partial charge in [-0.25, -0.2) is 4.79 Å². The normalized spacial score (nSPS) is 19.2. The number of ether oxygens (including phenoxy) is 1. The Kier molecular flexibility index (Phi) is 5.74. The van der Waals surface area contributed by atoms with Gasteiger partial charge < -0.3 is 20.7 Å². The van der Waals surface area contributed by atoms with Gasteiger partial charge in [0.25, 0.3) is 0 Å². The Morgan fingerprint density at radius 3 is 2.79 bits per heavy atom. The third-order valence-corrected chi connectivity index (χ3v) is 4.43. The van der Waals surface area contributed by atoms with Crippen molar-refractivity contribution < 1.29 is 13.7 Å². The van der Waals surface area contributed by atoms with E-state index in [1.807, 2.05) is 39.0 Å². The zero-order chi connectivity index (χ0) is 17.9. The van der Waals surface area contributed by atoms with Gasteiger partial charge >= 0.3 is 6.09 Å². The molecular formula is C17H27N3O3S. The van der Waals surface area contributed by atoms with E-state index < -0.39 is 16.4 Å². The summed E-state index contributed by atoms with van der Waals surface area (Å²) in [7, 11) is -0.936. The van der Waals surface area contributed by atoms with Crippen LogP contribution in [0, 0.1) is 0 Å². The Hall–Kier alpha value is -1.76. The van der Waals surface area contributed by atoms with Crippen molar-refractivity contribution in [3.63, 3.8) is 0 Å². The number of nitrogen functional groups attached to an aromatic ring is 1. The van der Waals surface area contributed by atoms with E-state index in [4.69, 9.17) is 10.5 Å². The number of hydrogen-bond donors (Lipinski definition) is 2. The van der Waals surface area contributed by atoms with Crippen molar-refractivity contribution in [3.05, 3.63) is 23.8 Å². The molecule has 0 aliphatic carbocycles. The van der Waals surface area contributed by atoms with Gasteiger partial charge in [0.05, 0.1) is 11.8 Å². The SMILES string of the molecule is CS(=O)Cc1cc(N)ccc1N1CC[C@H](NC(=O)OC(C)(C)C)C1. The monoisotopic (exact) mass is 353 g/mol. The molecule has 3 N–H and O–H groups in total. The summed E-state index contributed by atoms with van der Waals surface area (Å²) in [6, 6.07) is 5.74. The van der Waals surface area contributed by atoms with E-state index in [1.165, 1.54) is 0 Å². The zero-order valence-electron chi connectivity index (χ0n) is 14.8. The topological polar surface area (TPSA) is 84.7 Å². The summed E-state index contributed by atoms with van der Waals surface area (Å²) in [4.78, 5) is 14.1. The third kappa shape index (κ3) is 5.40. The lowest BCUT2D eigenvalue weighted by atomic mass is 10.1. The first kappa shape index (κ1) is 18.6. The van der Waals surface area contributed by atoms with Gasteiger partial charge in [0.1, 0.15) is 5.60 Å². The zero-order valence-corrected chi connectivity index (χ0v) is 15.6. The molecule has 1 saturated heterocycles. The minimum Gasteiger partial charge on any atom is -0.444 e. The van der Waals surface area contributed by atoms with E-state index in [0.717, 1.165) is 24.2 Å². The summed E-state index contributed by atoms with van der Waals surface area (Å²) in [6.45, 7) is 7.07. The number of anilines is 2. The van der Waals surface area contributed by atoms with Crippen LogP contribution in [0.5, 0.6) is 0 Å².